The lowest BCUT2D eigenvalue weighted by Gasteiger charge is -2.11. The summed E-state index contributed by atoms with van der Waals surface area (Å²) >= 11 is 5.02. The van der Waals surface area contributed by atoms with Crippen LogP contribution in [-0.4, -0.2) is 17.6 Å². The summed E-state index contributed by atoms with van der Waals surface area (Å²) in [6, 6.07) is 7.46. The first-order valence-corrected chi connectivity index (χ1v) is 6.75. The van der Waals surface area contributed by atoms with Crippen molar-refractivity contribution in [3.63, 3.8) is 0 Å². The number of carbonyl (C=O) groups is 1. The minimum atomic E-state index is -0.102. The van der Waals surface area contributed by atoms with Gasteiger partial charge in [-0.05, 0) is 42.4 Å². The van der Waals surface area contributed by atoms with Crippen LogP contribution >= 0.6 is 12.2 Å². The lowest BCUT2D eigenvalue weighted by molar-refractivity contribution is -0.119. The van der Waals surface area contributed by atoms with Crippen LogP contribution in [0.3, 0.4) is 0 Å². The average Bonchev–Trinajstić information content (AvgIpc) is 2.37. The lowest BCUT2D eigenvalue weighted by Crippen LogP contribution is -2.33. The maximum absolute atomic E-state index is 11.2. The molecule has 0 aromatic heterocycles. The van der Waals surface area contributed by atoms with E-state index in [0.717, 1.165) is 11.4 Å². The quantitative estimate of drug-likeness (QED) is 0.814. The van der Waals surface area contributed by atoms with Gasteiger partial charge in [0.15, 0.2) is 5.11 Å². The fraction of sp³-hybridized carbons (Fsp3) is 0.429. The molecule has 0 heterocycles. The molecule has 1 rings (SSSR count). The second-order valence-electron chi connectivity index (χ2n) is 4.59. The maximum atomic E-state index is 11.2. The van der Waals surface area contributed by atoms with Gasteiger partial charge in [-0.15, -0.1) is 0 Å². The number of amides is 1. The summed E-state index contributed by atoms with van der Waals surface area (Å²) in [6.07, 6.45) is 0.407. The van der Waals surface area contributed by atoms with Crippen molar-refractivity contribution in [3.8, 4) is 5.75 Å². The molecule has 0 saturated heterocycles. The van der Waals surface area contributed by atoms with Crippen LogP contribution in [0.1, 0.15) is 27.2 Å². The third-order valence-electron chi connectivity index (χ3n) is 2.27. The van der Waals surface area contributed by atoms with Crippen molar-refractivity contribution >= 4 is 28.9 Å². The Morgan fingerprint density at radius 1 is 1.32 bits per heavy atom. The Bertz CT molecular complexity index is 430. The fourth-order valence-electron chi connectivity index (χ4n) is 1.27. The Morgan fingerprint density at radius 3 is 2.47 bits per heavy atom. The molecule has 0 bridgehead atoms. The molecule has 0 atom stereocenters. The Morgan fingerprint density at radius 2 is 1.95 bits per heavy atom. The largest absolute Gasteiger partial charge is 0.493 e. The Kier molecular flexibility index (Phi) is 6.29. The third kappa shape index (κ3) is 6.20. The summed E-state index contributed by atoms with van der Waals surface area (Å²) in [5.74, 6) is 1.21. The monoisotopic (exact) mass is 280 g/mol. The van der Waals surface area contributed by atoms with Gasteiger partial charge in [-0.2, -0.15) is 0 Å². The molecule has 0 spiro atoms. The van der Waals surface area contributed by atoms with Crippen LogP contribution in [0, 0.1) is 5.92 Å². The molecule has 0 aliphatic heterocycles. The summed E-state index contributed by atoms with van der Waals surface area (Å²) in [5.41, 5.74) is 0.818. The van der Waals surface area contributed by atoms with E-state index < -0.39 is 0 Å². The summed E-state index contributed by atoms with van der Waals surface area (Å²) in [7, 11) is 0. The van der Waals surface area contributed by atoms with E-state index in [4.69, 9.17) is 17.0 Å². The topological polar surface area (TPSA) is 50.4 Å². The number of carbonyl (C=O) groups excluding carboxylic acids is 1. The van der Waals surface area contributed by atoms with Crippen molar-refractivity contribution in [2.24, 2.45) is 5.92 Å². The van der Waals surface area contributed by atoms with Gasteiger partial charge in [0.05, 0.1) is 6.61 Å². The first kappa shape index (κ1) is 15.4. The number of hydrogen-bond donors (Lipinski definition) is 2. The number of hydrogen-bond acceptors (Lipinski definition) is 3. The minimum Gasteiger partial charge on any atom is -0.493 e. The van der Waals surface area contributed by atoms with E-state index in [0.29, 0.717) is 24.1 Å². The SMILES string of the molecule is CCC(=O)NC(=S)Nc1ccc(OCC(C)C)cc1. The van der Waals surface area contributed by atoms with Crippen LogP contribution in [0.15, 0.2) is 24.3 Å². The summed E-state index contributed by atoms with van der Waals surface area (Å²) in [5, 5.41) is 5.83. The highest BCUT2D eigenvalue weighted by Crippen LogP contribution is 2.16. The molecule has 5 heteroatoms. The molecule has 0 saturated carbocycles. The first-order chi connectivity index (χ1) is 9.01. The smallest absolute Gasteiger partial charge is 0.225 e. The summed E-state index contributed by atoms with van der Waals surface area (Å²) < 4.78 is 5.58. The van der Waals surface area contributed by atoms with E-state index in [2.05, 4.69) is 24.5 Å². The molecule has 1 aromatic carbocycles. The van der Waals surface area contributed by atoms with Gasteiger partial charge in [-0.25, -0.2) is 0 Å². The number of anilines is 1. The second kappa shape index (κ2) is 7.74. The zero-order chi connectivity index (χ0) is 14.3. The van der Waals surface area contributed by atoms with Gasteiger partial charge >= 0.3 is 0 Å². The van der Waals surface area contributed by atoms with Crippen molar-refractivity contribution < 1.29 is 9.53 Å². The molecular weight excluding hydrogens is 260 g/mol. The van der Waals surface area contributed by atoms with Gasteiger partial charge in [0.1, 0.15) is 5.75 Å². The molecule has 0 unspecified atom stereocenters. The van der Waals surface area contributed by atoms with Gasteiger partial charge in [-0.1, -0.05) is 20.8 Å². The van der Waals surface area contributed by atoms with E-state index in [1.807, 2.05) is 24.3 Å². The molecular formula is C14H20N2O2S. The average molecular weight is 280 g/mol. The predicted molar refractivity (Wildman–Crippen MR) is 81.4 cm³/mol. The van der Waals surface area contributed by atoms with Crippen LogP contribution in [0.2, 0.25) is 0 Å². The zero-order valence-corrected chi connectivity index (χ0v) is 12.3. The van der Waals surface area contributed by atoms with E-state index in [9.17, 15) is 4.79 Å². The van der Waals surface area contributed by atoms with Gasteiger partial charge < -0.3 is 15.4 Å². The predicted octanol–water partition coefficient (Wildman–Crippen LogP) is 2.94. The Hall–Kier alpha value is -1.62. The summed E-state index contributed by atoms with van der Waals surface area (Å²) in [6.45, 7) is 6.67. The van der Waals surface area contributed by atoms with Gasteiger partial charge in [-0.3, -0.25) is 4.79 Å². The van der Waals surface area contributed by atoms with Gasteiger partial charge in [0, 0.05) is 12.1 Å². The fourth-order valence-corrected chi connectivity index (χ4v) is 1.51. The molecule has 2 N–H and O–H groups in total. The second-order valence-corrected chi connectivity index (χ2v) is 4.99. The molecule has 1 amide bonds. The number of benzene rings is 1. The van der Waals surface area contributed by atoms with Crippen molar-refractivity contribution in [1.29, 1.82) is 0 Å². The van der Waals surface area contributed by atoms with E-state index >= 15 is 0 Å². The van der Waals surface area contributed by atoms with E-state index in [1.54, 1.807) is 6.92 Å². The molecule has 104 valence electrons. The number of nitrogens with one attached hydrogen (secondary N) is 2. The van der Waals surface area contributed by atoms with Crippen molar-refractivity contribution in [2.45, 2.75) is 27.2 Å². The maximum Gasteiger partial charge on any atom is 0.225 e. The van der Waals surface area contributed by atoms with Crippen molar-refractivity contribution in [1.82, 2.24) is 5.32 Å². The first-order valence-electron chi connectivity index (χ1n) is 6.35. The Labute approximate surface area is 119 Å². The number of thiocarbonyl (C=S) groups is 1. The van der Waals surface area contributed by atoms with Crippen LogP contribution in [-0.2, 0) is 4.79 Å². The molecule has 0 aliphatic carbocycles. The molecule has 0 aliphatic rings. The molecule has 19 heavy (non-hydrogen) atoms. The van der Waals surface area contributed by atoms with Crippen LogP contribution in [0.5, 0.6) is 5.75 Å². The van der Waals surface area contributed by atoms with Crippen LogP contribution < -0.4 is 15.4 Å². The van der Waals surface area contributed by atoms with E-state index in [1.165, 1.54) is 0 Å². The summed E-state index contributed by atoms with van der Waals surface area (Å²) in [4.78, 5) is 11.2. The Balaban J connectivity index is 2.47. The molecule has 4 nitrogen and oxygen atoms in total. The highest BCUT2D eigenvalue weighted by molar-refractivity contribution is 7.80. The van der Waals surface area contributed by atoms with Gasteiger partial charge in [0.2, 0.25) is 5.91 Å². The lowest BCUT2D eigenvalue weighted by atomic mass is 10.2. The highest BCUT2D eigenvalue weighted by Gasteiger charge is 2.02. The number of rotatable bonds is 5. The van der Waals surface area contributed by atoms with Crippen LogP contribution in [0.25, 0.3) is 0 Å². The van der Waals surface area contributed by atoms with Crippen molar-refractivity contribution in [2.75, 3.05) is 11.9 Å². The zero-order valence-electron chi connectivity index (χ0n) is 11.5. The molecule has 0 fully saturated rings. The van der Waals surface area contributed by atoms with Crippen molar-refractivity contribution in [3.05, 3.63) is 24.3 Å². The molecule has 0 radical (unpaired) electrons. The van der Waals surface area contributed by atoms with Gasteiger partial charge in [0.25, 0.3) is 0 Å². The molecule has 1 aromatic rings. The van der Waals surface area contributed by atoms with Crippen LogP contribution in [0.4, 0.5) is 5.69 Å². The minimum absolute atomic E-state index is 0.102. The highest BCUT2D eigenvalue weighted by atomic mass is 32.1. The normalized spacial score (nSPS) is 10.1. The van der Waals surface area contributed by atoms with E-state index in [-0.39, 0.29) is 5.91 Å². The third-order valence-corrected chi connectivity index (χ3v) is 2.47. The number of ether oxygens (including phenoxy) is 1. The standard InChI is InChI=1S/C14H20N2O2S/c1-4-13(17)16-14(19)15-11-5-7-12(8-6-11)18-9-10(2)3/h5-8,10H,4,9H2,1-3H3,(H2,15,16,17,19).